The van der Waals surface area contributed by atoms with Crippen LogP contribution >= 0.6 is 0 Å². The number of hydrogen-bond acceptors (Lipinski definition) is 3. The van der Waals surface area contributed by atoms with Crippen LogP contribution in [-0.4, -0.2) is 32.0 Å². The van der Waals surface area contributed by atoms with Crippen LogP contribution in [0.3, 0.4) is 0 Å². The van der Waals surface area contributed by atoms with Gasteiger partial charge in [0, 0.05) is 19.3 Å². The lowest BCUT2D eigenvalue weighted by molar-refractivity contribution is -0.133. The molecule has 0 aromatic heterocycles. The minimum Gasteiger partial charge on any atom is -0.341 e. The van der Waals surface area contributed by atoms with Gasteiger partial charge in [-0.3, -0.25) is 9.52 Å². The normalized spacial score (nSPS) is 12.4. The Labute approximate surface area is 149 Å². The Kier molecular flexibility index (Phi) is 6.20. The molecule has 6 heteroatoms. The predicted octanol–water partition coefficient (Wildman–Crippen LogP) is 3.03. The fourth-order valence-electron chi connectivity index (χ4n) is 2.55. The molecular weight excluding hydrogens is 336 g/mol. The fourth-order valence-corrected chi connectivity index (χ4v) is 3.93. The number of carbonyl (C=O) groups is 1. The highest BCUT2D eigenvalue weighted by Gasteiger charge is 2.24. The second-order valence-corrected chi connectivity index (χ2v) is 8.10. The first-order valence-electron chi connectivity index (χ1n) is 8.13. The average molecular weight is 360 g/mol. The van der Waals surface area contributed by atoms with Crippen molar-refractivity contribution >= 4 is 21.6 Å². The van der Waals surface area contributed by atoms with Crippen LogP contribution in [0.5, 0.6) is 0 Å². The van der Waals surface area contributed by atoms with Crippen LogP contribution in [0.4, 0.5) is 5.69 Å². The molecule has 0 saturated heterocycles. The molecule has 2 aromatic rings. The Morgan fingerprint density at radius 3 is 2.28 bits per heavy atom. The molecule has 5 nitrogen and oxygen atoms in total. The van der Waals surface area contributed by atoms with Gasteiger partial charge in [0.2, 0.25) is 15.9 Å². The van der Waals surface area contributed by atoms with Crippen molar-refractivity contribution in [1.29, 1.82) is 0 Å². The quantitative estimate of drug-likeness (QED) is 0.825. The third kappa shape index (κ3) is 5.90. The summed E-state index contributed by atoms with van der Waals surface area (Å²) in [5.41, 5.74) is 2.56. The molecule has 0 heterocycles. The number of sulfonamides is 1. The molecule has 2 rings (SSSR count). The van der Waals surface area contributed by atoms with Gasteiger partial charge in [0.05, 0.1) is 11.7 Å². The lowest BCUT2D eigenvalue weighted by Crippen LogP contribution is -2.35. The number of hydrogen-bond donors (Lipinski definition) is 1. The molecule has 0 aliphatic rings. The van der Waals surface area contributed by atoms with Crippen molar-refractivity contribution in [2.45, 2.75) is 20.4 Å². The van der Waals surface area contributed by atoms with Crippen LogP contribution in [0.1, 0.15) is 18.1 Å². The van der Waals surface area contributed by atoms with Gasteiger partial charge >= 0.3 is 0 Å². The standard InChI is InChI=1S/C19H24N2O3S/c1-15-9-11-18(12-10-15)20-25(23,24)14-16(2)19(22)21(3)13-17-7-5-4-6-8-17/h4-12,16,20H,13-14H2,1-3H3. The number of nitrogens with zero attached hydrogens (tertiary/aromatic N) is 1. The molecule has 0 radical (unpaired) electrons. The maximum atomic E-state index is 12.5. The molecule has 25 heavy (non-hydrogen) atoms. The Hall–Kier alpha value is -2.34. The van der Waals surface area contributed by atoms with Gasteiger partial charge in [0.1, 0.15) is 0 Å². The van der Waals surface area contributed by atoms with E-state index in [1.807, 2.05) is 49.4 Å². The van der Waals surface area contributed by atoms with Crippen molar-refractivity contribution in [3.8, 4) is 0 Å². The van der Waals surface area contributed by atoms with E-state index in [9.17, 15) is 13.2 Å². The number of aryl methyl sites for hydroxylation is 1. The Bertz CT molecular complexity index is 802. The molecule has 1 N–H and O–H groups in total. The lowest BCUT2D eigenvalue weighted by atomic mass is 10.1. The molecule has 0 spiro atoms. The van der Waals surface area contributed by atoms with Crippen molar-refractivity contribution in [2.75, 3.05) is 17.5 Å². The highest BCUT2D eigenvalue weighted by Crippen LogP contribution is 2.14. The first-order valence-corrected chi connectivity index (χ1v) is 9.78. The van der Waals surface area contributed by atoms with Gasteiger partial charge in [0.15, 0.2) is 0 Å². The van der Waals surface area contributed by atoms with Crippen molar-refractivity contribution in [3.63, 3.8) is 0 Å². The van der Waals surface area contributed by atoms with E-state index >= 15 is 0 Å². The zero-order valence-electron chi connectivity index (χ0n) is 14.8. The molecule has 0 fully saturated rings. The summed E-state index contributed by atoms with van der Waals surface area (Å²) >= 11 is 0. The summed E-state index contributed by atoms with van der Waals surface area (Å²) in [6.45, 7) is 4.02. The Morgan fingerprint density at radius 1 is 1.08 bits per heavy atom. The Balaban J connectivity index is 1.95. The summed E-state index contributed by atoms with van der Waals surface area (Å²) < 4.78 is 27.1. The molecule has 0 aliphatic carbocycles. The van der Waals surface area contributed by atoms with E-state index in [1.54, 1.807) is 31.0 Å². The van der Waals surface area contributed by atoms with E-state index < -0.39 is 15.9 Å². The molecule has 1 unspecified atom stereocenters. The first kappa shape index (κ1) is 19.0. The van der Waals surface area contributed by atoms with Gasteiger partial charge in [-0.25, -0.2) is 8.42 Å². The fraction of sp³-hybridized carbons (Fsp3) is 0.316. The topological polar surface area (TPSA) is 66.5 Å². The zero-order chi connectivity index (χ0) is 18.4. The van der Waals surface area contributed by atoms with Crippen molar-refractivity contribution in [1.82, 2.24) is 4.90 Å². The second kappa shape index (κ2) is 8.16. The van der Waals surface area contributed by atoms with Crippen LogP contribution in [-0.2, 0) is 21.4 Å². The molecule has 2 aromatic carbocycles. The van der Waals surface area contributed by atoms with Crippen LogP contribution < -0.4 is 4.72 Å². The molecule has 0 aliphatic heterocycles. The molecule has 1 atom stereocenters. The van der Waals surface area contributed by atoms with E-state index in [0.717, 1.165) is 11.1 Å². The summed E-state index contributed by atoms with van der Waals surface area (Å²) in [7, 11) is -1.91. The van der Waals surface area contributed by atoms with E-state index in [0.29, 0.717) is 12.2 Å². The maximum Gasteiger partial charge on any atom is 0.233 e. The monoisotopic (exact) mass is 360 g/mol. The smallest absolute Gasteiger partial charge is 0.233 e. The second-order valence-electron chi connectivity index (χ2n) is 6.33. The predicted molar refractivity (Wildman–Crippen MR) is 101 cm³/mol. The molecule has 0 bridgehead atoms. The highest BCUT2D eigenvalue weighted by molar-refractivity contribution is 7.92. The van der Waals surface area contributed by atoms with Gasteiger partial charge in [0.25, 0.3) is 0 Å². The summed E-state index contributed by atoms with van der Waals surface area (Å²) in [5, 5.41) is 0. The molecular formula is C19H24N2O3S. The van der Waals surface area contributed by atoms with Crippen molar-refractivity contribution in [3.05, 3.63) is 65.7 Å². The number of anilines is 1. The van der Waals surface area contributed by atoms with E-state index in [-0.39, 0.29) is 11.7 Å². The summed E-state index contributed by atoms with van der Waals surface area (Å²) in [4.78, 5) is 14.0. The van der Waals surface area contributed by atoms with Gasteiger partial charge in [-0.15, -0.1) is 0 Å². The van der Waals surface area contributed by atoms with Crippen LogP contribution in [0.25, 0.3) is 0 Å². The molecule has 0 saturated carbocycles. The highest BCUT2D eigenvalue weighted by atomic mass is 32.2. The maximum absolute atomic E-state index is 12.5. The van der Waals surface area contributed by atoms with Gasteiger partial charge in [-0.1, -0.05) is 55.0 Å². The average Bonchev–Trinajstić information content (AvgIpc) is 2.56. The third-order valence-electron chi connectivity index (χ3n) is 3.85. The van der Waals surface area contributed by atoms with E-state index in [4.69, 9.17) is 0 Å². The minimum atomic E-state index is -3.60. The number of benzene rings is 2. The van der Waals surface area contributed by atoms with Crippen LogP contribution in [0.2, 0.25) is 0 Å². The number of amides is 1. The summed E-state index contributed by atoms with van der Waals surface area (Å²) in [6, 6.07) is 16.7. The van der Waals surface area contributed by atoms with Crippen LogP contribution in [0, 0.1) is 12.8 Å². The number of nitrogens with one attached hydrogen (secondary N) is 1. The van der Waals surface area contributed by atoms with Crippen LogP contribution in [0.15, 0.2) is 54.6 Å². The van der Waals surface area contributed by atoms with Crippen molar-refractivity contribution < 1.29 is 13.2 Å². The van der Waals surface area contributed by atoms with Gasteiger partial charge in [-0.05, 0) is 24.6 Å². The summed E-state index contributed by atoms with van der Waals surface area (Å²) in [6.07, 6.45) is 0. The number of carbonyl (C=O) groups excluding carboxylic acids is 1. The third-order valence-corrected chi connectivity index (χ3v) is 5.34. The lowest BCUT2D eigenvalue weighted by Gasteiger charge is -2.21. The molecule has 134 valence electrons. The van der Waals surface area contributed by atoms with E-state index in [1.165, 1.54) is 0 Å². The largest absolute Gasteiger partial charge is 0.341 e. The number of rotatable bonds is 7. The minimum absolute atomic E-state index is 0.196. The molecule has 1 amide bonds. The first-order chi connectivity index (χ1) is 11.8. The van der Waals surface area contributed by atoms with Crippen molar-refractivity contribution in [2.24, 2.45) is 5.92 Å². The SMILES string of the molecule is Cc1ccc(NS(=O)(=O)CC(C)C(=O)N(C)Cc2ccccc2)cc1. The van der Waals surface area contributed by atoms with E-state index in [2.05, 4.69) is 4.72 Å². The zero-order valence-corrected chi connectivity index (χ0v) is 15.6. The Morgan fingerprint density at radius 2 is 1.68 bits per heavy atom. The van der Waals surface area contributed by atoms with Gasteiger partial charge in [-0.2, -0.15) is 0 Å². The van der Waals surface area contributed by atoms with Gasteiger partial charge < -0.3 is 4.90 Å². The summed E-state index contributed by atoms with van der Waals surface area (Å²) in [5.74, 6) is -1.08.